The Morgan fingerprint density at radius 2 is 1.61 bits per heavy atom. The Balaban J connectivity index is 1.95. The van der Waals surface area contributed by atoms with E-state index in [2.05, 4.69) is 20.4 Å². The molecule has 0 atom stereocenters. The number of methoxy groups -OCH3 is 1. The van der Waals surface area contributed by atoms with E-state index >= 15 is 0 Å². The van der Waals surface area contributed by atoms with E-state index < -0.39 is 0 Å². The van der Waals surface area contributed by atoms with Crippen molar-refractivity contribution < 1.29 is 4.74 Å². The maximum atomic E-state index is 11.9. The summed E-state index contributed by atoms with van der Waals surface area (Å²) in [5, 5.41) is 13.6. The molecule has 3 aromatic rings. The molecule has 2 aromatic carbocycles. The first-order valence-corrected chi connectivity index (χ1v) is 7.11. The summed E-state index contributed by atoms with van der Waals surface area (Å²) < 4.78 is 5.13. The lowest BCUT2D eigenvalue weighted by atomic mass is 10.1. The molecule has 1 heterocycles. The minimum atomic E-state index is -0.313. The molecule has 6 nitrogen and oxygen atoms in total. The zero-order chi connectivity index (χ0) is 16.2. The molecule has 6 heteroatoms. The molecule has 0 saturated heterocycles. The Morgan fingerprint density at radius 1 is 0.913 bits per heavy atom. The Kier molecular flexibility index (Phi) is 4.05. The van der Waals surface area contributed by atoms with Crippen LogP contribution in [0.1, 0.15) is 5.56 Å². The Bertz CT molecular complexity index is 874. The molecule has 23 heavy (non-hydrogen) atoms. The van der Waals surface area contributed by atoms with Crippen molar-refractivity contribution >= 4 is 11.4 Å². The van der Waals surface area contributed by atoms with Gasteiger partial charge in [0.1, 0.15) is 5.75 Å². The van der Waals surface area contributed by atoms with Crippen LogP contribution in [0.25, 0.3) is 11.3 Å². The molecule has 1 aromatic heterocycles. The number of nitrogens with zero attached hydrogens (tertiary/aromatic N) is 2. The van der Waals surface area contributed by atoms with Gasteiger partial charge in [0.2, 0.25) is 0 Å². The summed E-state index contributed by atoms with van der Waals surface area (Å²) >= 11 is 0. The van der Waals surface area contributed by atoms with Crippen molar-refractivity contribution in [3.63, 3.8) is 0 Å². The van der Waals surface area contributed by atoms with E-state index in [1.165, 1.54) is 0 Å². The van der Waals surface area contributed by atoms with Gasteiger partial charge in [0.15, 0.2) is 5.69 Å². The molecule has 0 aliphatic heterocycles. The molecule has 0 aliphatic carbocycles. The van der Waals surface area contributed by atoms with Crippen LogP contribution in [0.5, 0.6) is 5.75 Å². The number of aromatic amines is 2. The van der Waals surface area contributed by atoms with Gasteiger partial charge in [-0.1, -0.05) is 17.7 Å². The monoisotopic (exact) mass is 308 g/mol. The summed E-state index contributed by atoms with van der Waals surface area (Å²) in [6.07, 6.45) is 0. The number of aryl methyl sites for hydroxylation is 1. The molecule has 116 valence electrons. The average Bonchev–Trinajstić information content (AvgIpc) is 2.95. The highest BCUT2D eigenvalue weighted by atomic mass is 16.5. The van der Waals surface area contributed by atoms with E-state index in [9.17, 15) is 4.79 Å². The summed E-state index contributed by atoms with van der Waals surface area (Å²) in [4.78, 5) is 11.9. The molecular weight excluding hydrogens is 292 g/mol. The number of aromatic nitrogens is 2. The Hall–Kier alpha value is -3.15. The van der Waals surface area contributed by atoms with Gasteiger partial charge in [-0.3, -0.25) is 15.0 Å². The molecule has 0 bridgehead atoms. The predicted octanol–water partition coefficient (Wildman–Crippen LogP) is 4.10. The van der Waals surface area contributed by atoms with Crippen LogP contribution in [0, 0.1) is 6.92 Å². The van der Waals surface area contributed by atoms with Crippen LogP contribution in [0.3, 0.4) is 0 Å². The lowest BCUT2D eigenvalue weighted by molar-refractivity contribution is 0.415. The minimum Gasteiger partial charge on any atom is -0.497 e. The number of azo groups is 1. The van der Waals surface area contributed by atoms with Crippen LogP contribution in [-0.4, -0.2) is 17.3 Å². The third kappa shape index (κ3) is 3.21. The summed E-state index contributed by atoms with van der Waals surface area (Å²) in [5.74, 6) is 0.745. The summed E-state index contributed by atoms with van der Waals surface area (Å²) in [6, 6.07) is 14.9. The number of hydrogen-bond donors (Lipinski definition) is 2. The van der Waals surface area contributed by atoms with Crippen molar-refractivity contribution in [3.8, 4) is 17.0 Å². The Labute approximate surface area is 132 Å². The summed E-state index contributed by atoms with van der Waals surface area (Å²) in [6.45, 7) is 2.00. The SMILES string of the molecule is COc1ccc(-c2[nH][nH]c(=O)c2N=Nc2ccc(C)cc2)cc1. The average molecular weight is 308 g/mol. The van der Waals surface area contributed by atoms with Crippen molar-refractivity contribution in [1.29, 1.82) is 0 Å². The van der Waals surface area contributed by atoms with Crippen LogP contribution in [0.4, 0.5) is 11.4 Å². The molecule has 0 spiro atoms. The van der Waals surface area contributed by atoms with Crippen LogP contribution >= 0.6 is 0 Å². The highest BCUT2D eigenvalue weighted by Crippen LogP contribution is 2.27. The van der Waals surface area contributed by atoms with Crippen molar-refractivity contribution in [2.45, 2.75) is 6.92 Å². The highest BCUT2D eigenvalue weighted by molar-refractivity contribution is 5.71. The van der Waals surface area contributed by atoms with E-state index in [0.29, 0.717) is 11.4 Å². The Morgan fingerprint density at radius 3 is 2.26 bits per heavy atom. The van der Waals surface area contributed by atoms with E-state index in [-0.39, 0.29) is 11.2 Å². The third-order valence-electron chi connectivity index (χ3n) is 3.43. The predicted molar refractivity (Wildman–Crippen MR) is 88.8 cm³/mol. The topological polar surface area (TPSA) is 82.6 Å². The maximum Gasteiger partial charge on any atom is 0.292 e. The van der Waals surface area contributed by atoms with Gasteiger partial charge in [-0.25, -0.2) is 0 Å². The normalized spacial score (nSPS) is 11.0. The number of rotatable bonds is 4. The fraction of sp³-hybridized carbons (Fsp3) is 0.118. The summed E-state index contributed by atoms with van der Waals surface area (Å²) in [5.41, 5.74) is 3.18. The van der Waals surface area contributed by atoms with E-state index in [1.54, 1.807) is 7.11 Å². The fourth-order valence-electron chi connectivity index (χ4n) is 2.13. The van der Waals surface area contributed by atoms with Gasteiger partial charge in [0.25, 0.3) is 5.56 Å². The molecule has 0 aliphatic rings. The van der Waals surface area contributed by atoms with Crippen molar-refractivity contribution in [2.24, 2.45) is 10.2 Å². The second-order valence-electron chi connectivity index (χ2n) is 5.07. The molecule has 0 amide bonds. The van der Waals surface area contributed by atoms with Crippen molar-refractivity contribution in [2.75, 3.05) is 7.11 Å². The van der Waals surface area contributed by atoms with Crippen LogP contribution in [0.15, 0.2) is 63.6 Å². The zero-order valence-corrected chi connectivity index (χ0v) is 12.8. The first-order chi connectivity index (χ1) is 11.2. The van der Waals surface area contributed by atoms with E-state index in [0.717, 1.165) is 16.9 Å². The summed E-state index contributed by atoms with van der Waals surface area (Å²) in [7, 11) is 1.61. The van der Waals surface area contributed by atoms with Crippen molar-refractivity contribution in [3.05, 3.63) is 64.4 Å². The zero-order valence-electron chi connectivity index (χ0n) is 12.8. The van der Waals surface area contributed by atoms with Gasteiger partial charge < -0.3 is 4.74 Å². The number of hydrogen-bond acceptors (Lipinski definition) is 4. The second-order valence-corrected chi connectivity index (χ2v) is 5.07. The molecule has 0 radical (unpaired) electrons. The minimum absolute atomic E-state index is 0.246. The first-order valence-electron chi connectivity index (χ1n) is 7.11. The maximum absolute atomic E-state index is 11.9. The number of H-pyrrole nitrogens is 2. The van der Waals surface area contributed by atoms with Crippen molar-refractivity contribution in [1.82, 2.24) is 10.2 Å². The first kappa shape index (κ1) is 14.8. The number of ether oxygens (including phenoxy) is 1. The molecule has 0 unspecified atom stereocenters. The third-order valence-corrected chi connectivity index (χ3v) is 3.43. The standard InChI is InChI=1S/C17H16N4O2/c1-11-3-7-13(8-4-11)18-20-16-15(19-21-17(16)22)12-5-9-14(23-2)10-6-12/h3-10H,1-2H3,(H2,19,21,22). The lowest BCUT2D eigenvalue weighted by Gasteiger charge is -2.02. The van der Waals surface area contributed by atoms with E-state index in [1.807, 2.05) is 55.5 Å². The van der Waals surface area contributed by atoms with Crippen LogP contribution in [-0.2, 0) is 0 Å². The van der Waals surface area contributed by atoms with Gasteiger partial charge in [-0.15, -0.1) is 5.11 Å². The van der Waals surface area contributed by atoms with E-state index in [4.69, 9.17) is 4.74 Å². The molecular formula is C17H16N4O2. The largest absolute Gasteiger partial charge is 0.497 e. The van der Waals surface area contributed by atoms with Gasteiger partial charge in [0, 0.05) is 5.56 Å². The van der Waals surface area contributed by atoms with Gasteiger partial charge >= 0.3 is 0 Å². The molecule has 3 rings (SSSR count). The van der Waals surface area contributed by atoms with Gasteiger partial charge in [-0.2, -0.15) is 5.11 Å². The second kappa shape index (κ2) is 6.31. The smallest absolute Gasteiger partial charge is 0.292 e. The number of benzene rings is 2. The van der Waals surface area contributed by atoms with Gasteiger partial charge in [0.05, 0.1) is 18.5 Å². The van der Waals surface area contributed by atoms with Crippen LogP contribution < -0.4 is 10.3 Å². The quantitative estimate of drug-likeness (QED) is 0.711. The molecule has 0 saturated carbocycles. The van der Waals surface area contributed by atoms with Crippen LogP contribution in [0.2, 0.25) is 0 Å². The molecule has 2 N–H and O–H groups in total. The van der Waals surface area contributed by atoms with Gasteiger partial charge in [-0.05, 0) is 43.3 Å². The fourth-order valence-corrected chi connectivity index (χ4v) is 2.13. The number of nitrogens with one attached hydrogen (secondary N) is 2. The lowest BCUT2D eigenvalue weighted by Crippen LogP contribution is -1.96. The molecule has 0 fully saturated rings. The highest BCUT2D eigenvalue weighted by Gasteiger charge is 2.11.